The smallest absolute Gasteiger partial charge is 0.101 e. The summed E-state index contributed by atoms with van der Waals surface area (Å²) in [5, 5.41) is 19.4. The Labute approximate surface area is 118 Å². The Kier molecular flexibility index (Phi) is 3.16. The van der Waals surface area contributed by atoms with Crippen LogP contribution in [0.2, 0.25) is 5.02 Å². The summed E-state index contributed by atoms with van der Waals surface area (Å²) in [4.78, 5) is 2.41. The van der Waals surface area contributed by atoms with Gasteiger partial charge in [-0.25, -0.2) is 0 Å². The van der Waals surface area contributed by atoms with Crippen LogP contribution >= 0.6 is 11.6 Å². The van der Waals surface area contributed by atoms with Crippen molar-refractivity contribution in [1.29, 1.82) is 5.26 Å². The SMILES string of the molecule is Cc1c(N2C3CCC2CC(O)C3)ccc(C#N)c1Cl. The molecule has 2 fully saturated rings. The van der Waals surface area contributed by atoms with Crippen molar-refractivity contribution in [2.45, 2.75) is 50.8 Å². The lowest BCUT2D eigenvalue weighted by Gasteiger charge is -2.40. The Hall–Kier alpha value is -1.24. The Morgan fingerprint density at radius 1 is 1.32 bits per heavy atom. The first-order valence-electron chi connectivity index (χ1n) is 6.77. The highest BCUT2D eigenvalue weighted by Crippen LogP contribution is 2.42. The van der Waals surface area contributed by atoms with Gasteiger partial charge in [-0.3, -0.25) is 0 Å². The standard InChI is InChI=1S/C15H17ClN2O/c1-9-14(5-2-10(8-17)15(9)16)18-11-3-4-12(18)7-13(19)6-11/h2,5,11-13,19H,3-4,6-7H2,1H3. The normalized spacial score (nSPS) is 29.4. The van der Waals surface area contributed by atoms with Crippen LogP contribution in [0.25, 0.3) is 0 Å². The molecule has 3 rings (SSSR count). The van der Waals surface area contributed by atoms with Gasteiger partial charge in [0.05, 0.1) is 16.7 Å². The monoisotopic (exact) mass is 276 g/mol. The summed E-state index contributed by atoms with van der Waals surface area (Å²) in [5.41, 5.74) is 2.64. The number of rotatable bonds is 1. The van der Waals surface area contributed by atoms with Crippen molar-refractivity contribution >= 4 is 17.3 Å². The van der Waals surface area contributed by atoms with Crippen LogP contribution in [0.3, 0.4) is 0 Å². The van der Waals surface area contributed by atoms with Crippen LogP contribution in [0, 0.1) is 18.3 Å². The van der Waals surface area contributed by atoms with Crippen LogP contribution < -0.4 is 4.90 Å². The molecule has 0 aromatic heterocycles. The summed E-state index contributed by atoms with van der Waals surface area (Å²) in [7, 11) is 0. The van der Waals surface area contributed by atoms with Gasteiger partial charge in [0, 0.05) is 17.8 Å². The van der Waals surface area contributed by atoms with E-state index in [1.54, 1.807) is 6.07 Å². The summed E-state index contributed by atoms with van der Waals surface area (Å²) < 4.78 is 0. The van der Waals surface area contributed by atoms with Crippen molar-refractivity contribution in [3.8, 4) is 6.07 Å². The van der Waals surface area contributed by atoms with Crippen LogP contribution in [-0.4, -0.2) is 23.3 Å². The molecule has 2 bridgehead atoms. The molecular weight excluding hydrogens is 260 g/mol. The first-order chi connectivity index (χ1) is 9.11. The topological polar surface area (TPSA) is 47.3 Å². The summed E-state index contributed by atoms with van der Waals surface area (Å²) >= 11 is 6.26. The van der Waals surface area contributed by atoms with Crippen LogP contribution in [0.5, 0.6) is 0 Å². The van der Waals surface area contributed by atoms with E-state index in [0.717, 1.165) is 36.9 Å². The molecule has 2 atom stereocenters. The average molecular weight is 277 g/mol. The Bertz CT molecular complexity index is 538. The van der Waals surface area contributed by atoms with Gasteiger partial charge < -0.3 is 10.0 Å². The lowest BCUT2D eigenvalue weighted by Crippen LogP contribution is -2.45. The first kappa shape index (κ1) is 12.8. The van der Waals surface area contributed by atoms with Crippen molar-refractivity contribution in [2.75, 3.05) is 4.90 Å². The number of nitriles is 1. The fraction of sp³-hybridized carbons (Fsp3) is 0.533. The minimum Gasteiger partial charge on any atom is -0.393 e. The molecule has 0 spiro atoms. The number of benzene rings is 1. The molecule has 2 heterocycles. The Morgan fingerprint density at radius 2 is 1.95 bits per heavy atom. The number of piperidine rings is 1. The van der Waals surface area contributed by atoms with Gasteiger partial charge in [-0.2, -0.15) is 5.26 Å². The average Bonchev–Trinajstić information content (AvgIpc) is 2.65. The van der Waals surface area contributed by atoms with E-state index in [-0.39, 0.29) is 6.10 Å². The van der Waals surface area contributed by atoms with Gasteiger partial charge in [0.15, 0.2) is 0 Å². The van der Waals surface area contributed by atoms with E-state index in [9.17, 15) is 5.11 Å². The fourth-order valence-electron chi connectivity index (χ4n) is 3.58. The van der Waals surface area contributed by atoms with E-state index in [2.05, 4.69) is 11.0 Å². The second-order valence-corrected chi connectivity index (χ2v) is 5.98. The maximum absolute atomic E-state index is 9.86. The van der Waals surface area contributed by atoms with Crippen molar-refractivity contribution in [3.63, 3.8) is 0 Å². The molecule has 2 saturated heterocycles. The van der Waals surface area contributed by atoms with Crippen LogP contribution in [-0.2, 0) is 0 Å². The molecule has 0 saturated carbocycles. The molecule has 2 aliphatic rings. The third kappa shape index (κ3) is 2.00. The van der Waals surface area contributed by atoms with Gasteiger partial charge in [0.2, 0.25) is 0 Å². The molecule has 2 aliphatic heterocycles. The zero-order valence-corrected chi connectivity index (χ0v) is 11.7. The number of aliphatic hydroxyl groups is 1. The second-order valence-electron chi connectivity index (χ2n) is 5.60. The van der Waals surface area contributed by atoms with Crippen LogP contribution in [0.15, 0.2) is 12.1 Å². The van der Waals surface area contributed by atoms with E-state index in [1.807, 2.05) is 13.0 Å². The highest BCUT2D eigenvalue weighted by molar-refractivity contribution is 6.32. The van der Waals surface area contributed by atoms with Crippen LogP contribution in [0.4, 0.5) is 5.69 Å². The number of hydrogen-bond donors (Lipinski definition) is 1. The molecular formula is C15H17ClN2O. The van der Waals surface area contributed by atoms with Gasteiger partial charge in [0.1, 0.15) is 6.07 Å². The molecule has 1 aromatic carbocycles. The zero-order valence-electron chi connectivity index (χ0n) is 10.9. The predicted octanol–water partition coefficient (Wildman–Crippen LogP) is 3.01. The maximum Gasteiger partial charge on any atom is 0.101 e. The quantitative estimate of drug-likeness (QED) is 0.858. The minimum atomic E-state index is -0.164. The molecule has 0 amide bonds. The highest BCUT2D eigenvalue weighted by atomic mass is 35.5. The molecule has 1 N–H and O–H groups in total. The zero-order chi connectivity index (χ0) is 13.6. The maximum atomic E-state index is 9.86. The van der Waals surface area contributed by atoms with Crippen LogP contribution in [0.1, 0.15) is 36.8 Å². The number of anilines is 1. The van der Waals surface area contributed by atoms with E-state index in [4.69, 9.17) is 16.9 Å². The molecule has 3 nitrogen and oxygen atoms in total. The number of halogens is 1. The Balaban J connectivity index is 2.00. The summed E-state index contributed by atoms with van der Waals surface area (Å²) in [5.74, 6) is 0. The molecule has 4 heteroatoms. The number of nitrogens with zero attached hydrogens (tertiary/aromatic N) is 2. The third-order valence-electron chi connectivity index (χ3n) is 4.46. The van der Waals surface area contributed by atoms with E-state index in [0.29, 0.717) is 22.7 Å². The second kappa shape index (κ2) is 4.70. The largest absolute Gasteiger partial charge is 0.393 e. The number of hydrogen-bond acceptors (Lipinski definition) is 3. The van der Waals surface area contributed by atoms with Gasteiger partial charge in [-0.05, 0) is 50.3 Å². The lowest BCUT2D eigenvalue weighted by atomic mass is 9.97. The number of fused-ring (bicyclic) bond motifs is 2. The molecule has 100 valence electrons. The van der Waals surface area contributed by atoms with E-state index in [1.165, 1.54) is 0 Å². The summed E-state index contributed by atoms with van der Waals surface area (Å²) in [6, 6.07) is 6.75. The van der Waals surface area contributed by atoms with Crippen molar-refractivity contribution in [1.82, 2.24) is 0 Å². The van der Waals surface area contributed by atoms with Crippen molar-refractivity contribution in [2.24, 2.45) is 0 Å². The molecule has 1 aromatic rings. The highest BCUT2D eigenvalue weighted by Gasteiger charge is 2.40. The first-order valence-corrected chi connectivity index (χ1v) is 7.15. The van der Waals surface area contributed by atoms with Gasteiger partial charge in [0.25, 0.3) is 0 Å². The molecule has 2 unspecified atom stereocenters. The summed E-state index contributed by atoms with van der Waals surface area (Å²) in [6.07, 6.45) is 3.79. The summed E-state index contributed by atoms with van der Waals surface area (Å²) in [6.45, 7) is 1.98. The van der Waals surface area contributed by atoms with Gasteiger partial charge >= 0.3 is 0 Å². The van der Waals surface area contributed by atoms with Crippen molar-refractivity contribution in [3.05, 3.63) is 28.3 Å². The van der Waals surface area contributed by atoms with Gasteiger partial charge in [-0.15, -0.1) is 0 Å². The third-order valence-corrected chi connectivity index (χ3v) is 4.95. The molecule has 19 heavy (non-hydrogen) atoms. The van der Waals surface area contributed by atoms with E-state index < -0.39 is 0 Å². The Morgan fingerprint density at radius 3 is 2.53 bits per heavy atom. The molecule has 0 aliphatic carbocycles. The van der Waals surface area contributed by atoms with Gasteiger partial charge in [-0.1, -0.05) is 11.6 Å². The number of aliphatic hydroxyl groups excluding tert-OH is 1. The molecule has 0 radical (unpaired) electrons. The predicted molar refractivity (Wildman–Crippen MR) is 75.4 cm³/mol. The van der Waals surface area contributed by atoms with Crippen molar-refractivity contribution < 1.29 is 5.11 Å². The lowest BCUT2D eigenvalue weighted by molar-refractivity contribution is 0.126. The minimum absolute atomic E-state index is 0.164. The fourth-order valence-corrected chi connectivity index (χ4v) is 3.78. The van der Waals surface area contributed by atoms with E-state index >= 15 is 0 Å².